The molecule has 0 radical (unpaired) electrons. The van der Waals surface area contributed by atoms with Gasteiger partial charge in [0.1, 0.15) is 5.82 Å². The van der Waals surface area contributed by atoms with Gasteiger partial charge in [-0.2, -0.15) is 0 Å². The summed E-state index contributed by atoms with van der Waals surface area (Å²) in [7, 11) is 0. The Balaban J connectivity index is 1.78. The molecule has 1 aliphatic rings. The maximum Gasteiger partial charge on any atom is 0.225 e. The van der Waals surface area contributed by atoms with Crippen LogP contribution in [0.2, 0.25) is 0 Å². The van der Waals surface area contributed by atoms with Crippen molar-refractivity contribution >= 4 is 21.8 Å². The number of nitrogens with one attached hydrogen (secondary N) is 1. The lowest BCUT2D eigenvalue weighted by molar-refractivity contribution is -0.135. The highest BCUT2D eigenvalue weighted by Gasteiger charge is 2.23. The van der Waals surface area contributed by atoms with Gasteiger partial charge in [0.2, 0.25) is 5.91 Å². The van der Waals surface area contributed by atoms with Crippen LogP contribution in [0.3, 0.4) is 0 Å². The van der Waals surface area contributed by atoms with Crippen LogP contribution in [0.25, 0.3) is 0 Å². The molecule has 2 rings (SSSR count). The van der Waals surface area contributed by atoms with Gasteiger partial charge < -0.3 is 10.2 Å². The molecule has 0 aliphatic carbocycles. The topological polar surface area (TPSA) is 32.3 Å². The van der Waals surface area contributed by atoms with E-state index in [1.165, 1.54) is 6.07 Å². The van der Waals surface area contributed by atoms with E-state index >= 15 is 0 Å². The summed E-state index contributed by atoms with van der Waals surface area (Å²) in [6.45, 7) is 6.25. The van der Waals surface area contributed by atoms with Gasteiger partial charge in [-0.25, -0.2) is 4.39 Å². The van der Waals surface area contributed by atoms with Crippen molar-refractivity contribution in [3.8, 4) is 0 Å². The normalized spacial score (nSPS) is 16.5. The van der Waals surface area contributed by atoms with Crippen molar-refractivity contribution in [2.45, 2.75) is 39.3 Å². The molecule has 1 saturated heterocycles. The van der Waals surface area contributed by atoms with Crippen LogP contribution in [0.1, 0.15) is 32.3 Å². The molecular formula is C16H22BrFN2O. The van der Waals surface area contributed by atoms with Crippen molar-refractivity contribution in [1.29, 1.82) is 0 Å². The Morgan fingerprint density at radius 1 is 1.43 bits per heavy atom. The standard InChI is InChI=1S/C16H22BrFN2O/c1-11(2)16(21)20-7-5-13(6-8-20)19-10-12-3-4-15(18)14(17)9-12/h3-4,9,11,13,19H,5-8,10H2,1-2H3. The summed E-state index contributed by atoms with van der Waals surface area (Å²) in [5.74, 6) is 0.0845. The van der Waals surface area contributed by atoms with E-state index in [-0.39, 0.29) is 17.6 Å². The number of halogens is 2. The van der Waals surface area contributed by atoms with Gasteiger partial charge in [-0.05, 0) is 46.5 Å². The number of hydrogen-bond donors (Lipinski definition) is 1. The van der Waals surface area contributed by atoms with Crippen LogP contribution in [-0.2, 0) is 11.3 Å². The maximum atomic E-state index is 13.2. The molecule has 21 heavy (non-hydrogen) atoms. The molecule has 0 unspecified atom stereocenters. The number of piperidine rings is 1. The van der Waals surface area contributed by atoms with Gasteiger partial charge in [0.05, 0.1) is 4.47 Å². The summed E-state index contributed by atoms with van der Waals surface area (Å²) in [6.07, 6.45) is 1.95. The number of rotatable bonds is 4. The minimum Gasteiger partial charge on any atom is -0.342 e. The lowest BCUT2D eigenvalue weighted by Gasteiger charge is -2.33. The fourth-order valence-electron chi connectivity index (χ4n) is 2.58. The zero-order valence-electron chi connectivity index (χ0n) is 12.5. The summed E-state index contributed by atoms with van der Waals surface area (Å²) in [5, 5.41) is 3.49. The maximum absolute atomic E-state index is 13.2. The second-order valence-electron chi connectivity index (χ2n) is 5.88. The molecule has 1 aromatic carbocycles. The fourth-order valence-corrected chi connectivity index (χ4v) is 3.01. The highest BCUT2D eigenvalue weighted by Crippen LogP contribution is 2.18. The summed E-state index contributed by atoms with van der Waals surface area (Å²) < 4.78 is 13.7. The van der Waals surface area contributed by atoms with E-state index in [4.69, 9.17) is 0 Å². The van der Waals surface area contributed by atoms with Gasteiger partial charge in [0, 0.05) is 31.6 Å². The molecule has 1 N–H and O–H groups in total. The van der Waals surface area contributed by atoms with E-state index in [0.29, 0.717) is 10.5 Å². The minimum absolute atomic E-state index is 0.0751. The molecule has 0 saturated carbocycles. The third-order valence-electron chi connectivity index (χ3n) is 3.88. The lowest BCUT2D eigenvalue weighted by atomic mass is 10.0. The monoisotopic (exact) mass is 356 g/mol. The van der Waals surface area contributed by atoms with E-state index < -0.39 is 0 Å². The van der Waals surface area contributed by atoms with Crippen LogP contribution in [-0.4, -0.2) is 29.9 Å². The van der Waals surface area contributed by atoms with Crippen molar-refractivity contribution in [3.05, 3.63) is 34.1 Å². The zero-order chi connectivity index (χ0) is 15.4. The first-order valence-corrected chi connectivity index (χ1v) is 8.22. The molecule has 0 aromatic heterocycles. The highest BCUT2D eigenvalue weighted by molar-refractivity contribution is 9.10. The molecule has 0 atom stereocenters. The van der Waals surface area contributed by atoms with Gasteiger partial charge in [0.25, 0.3) is 0 Å². The average molecular weight is 357 g/mol. The zero-order valence-corrected chi connectivity index (χ0v) is 14.1. The number of nitrogens with zero attached hydrogens (tertiary/aromatic N) is 1. The molecule has 1 fully saturated rings. The van der Waals surface area contributed by atoms with E-state index in [9.17, 15) is 9.18 Å². The summed E-state index contributed by atoms with van der Waals surface area (Å²) in [6, 6.07) is 5.50. The van der Waals surface area contributed by atoms with Crippen LogP contribution >= 0.6 is 15.9 Å². The Hall–Kier alpha value is -0.940. The first kappa shape index (κ1) is 16.4. The summed E-state index contributed by atoms with van der Waals surface area (Å²) in [5.41, 5.74) is 1.06. The van der Waals surface area contributed by atoms with Crippen molar-refractivity contribution in [1.82, 2.24) is 10.2 Å². The largest absolute Gasteiger partial charge is 0.342 e. The van der Waals surface area contributed by atoms with Gasteiger partial charge in [-0.3, -0.25) is 4.79 Å². The molecular weight excluding hydrogens is 335 g/mol. The molecule has 1 heterocycles. The predicted octanol–water partition coefficient (Wildman–Crippen LogP) is 3.32. The SMILES string of the molecule is CC(C)C(=O)N1CCC(NCc2ccc(F)c(Br)c2)CC1. The summed E-state index contributed by atoms with van der Waals surface area (Å²) in [4.78, 5) is 13.9. The van der Waals surface area contributed by atoms with Crippen LogP contribution in [0.4, 0.5) is 4.39 Å². The third-order valence-corrected chi connectivity index (χ3v) is 4.49. The molecule has 1 aromatic rings. The molecule has 1 amide bonds. The second kappa shape index (κ2) is 7.36. The quantitative estimate of drug-likeness (QED) is 0.897. The highest BCUT2D eigenvalue weighted by atomic mass is 79.9. The number of benzene rings is 1. The molecule has 1 aliphatic heterocycles. The predicted molar refractivity (Wildman–Crippen MR) is 85.4 cm³/mol. The first-order chi connectivity index (χ1) is 9.97. The number of carbonyl (C=O) groups excluding carboxylic acids is 1. The summed E-state index contributed by atoms with van der Waals surface area (Å²) >= 11 is 3.20. The number of amides is 1. The Kier molecular flexibility index (Phi) is 5.76. The first-order valence-electron chi connectivity index (χ1n) is 7.43. The van der Waals surface area contributed by atoms with E-state index in [2.05, 4.69) is 21.2 Å². The van der Waals surface area contributed by atoms with Crippen LogP contribution in [0.15, 0.2) is 22.7 Å². The van der Waals surface area contributed by atoms with E-state index in [1.807, 2.05) is 18.7 Å². The van der Waals surface area contributed by atoms with Gasteiger partial charge in [0.15, 0.2) is 0 Å². The van der Waals surface area contributed by atoms with Gasteiger partial charge in [-0.1, -0.05) is 19.9 Å². The molecule has 3 nitrogen and oxygen atoms in total. The fraction of sp³-hybridized carbons (Fsp3) is 0.562. The van der Waals surface area contributed by atoms with Gasteiger partial charge in [-0.15, -0.1) is 0 Å². The van der Waals surface area contributed by atoms with Crippen molar-refractivity contribution in [2.75, 3.05) is 13.1 Å². The lowest BCUT2D eigenvalue weighted by Crippen LogP contribution is -2.45. The molecule has 0 bridgehead atoms. The molecule has 116 valence electrons. The van der Waals surface area contributed by atoms with E-state index in [0.717, 1.165) is 38.0 Å². The minimum atomic E-state index is -0.237. The van der Waals surface area contributed by atoms with E-state index in [1.54, 1.807) is 12.1 Å². The number of hydrogen-bond acceptors (Lipinski definition) is 2. The number of carbonyl (C=O) groups is 1. The van der Waals surface area contributed by atoms with Crippen molar-refractivity contribution < 1.29 is 9.18 Å². The second-order valence-corrected chi connectivity index (χ2v) is 6.74. The van der Waals surface area contributed by atoms with Gasteiger partial charge >= 0.3 is 0 Å². The smallest absolute Gasteiger partial charge is 0.225 e. The Morgan fingerprint density at radius 3 is 2.67 bits per heavy atom. The third kappa shape index (κ3) is 4.51. The molecule has 5 heteroatoms. The van der Waals surface area contributed by atoms with Crippen LogP contribution < -0.4 is 5.32 Å². The van der Waals surface area contributed by atoms with Crippen molar-refractivity contribution in [3.63, 3.8) is 0 Å². The Labute approximate surface area is 134 Å². The van der Waals surface area contributed by atoms with Crippen LogP contribution in [0, 0.1) is 11.7 Å². The van der Waals surface area contributed by atoms with Crippen LogP contribution in [0.5, 0.6) is 0 Å². The Bertz CT molecular complexity index is 499. The number of likely N-dealkylation sites (tertiary alicyclic amines) is 1. The Morgan fingerprint density at radius 2 is 2.10 bits per heavy atom. The molecule has 0 spiro atoms. The van der Waals surface area contributed by atoms with Crippen molar-refractivity contribution in [2.24, 2.45) is 5.92 Å². The average Bonchev–Trinajstić information content (AvgIpc) is 2.48.